The molecule has 2 aromatic rings. The van der Waals surface area contributed by atoms with Crippen LogP contribution < -0.4 is 10.6 Å². The standard InChI is InChI=1S/C16H18F2N4O.ClH/c1-22-13-5-4-10(6-11(13)21-14(22)9-2-3-9)20-15(23)12-7-16(17,18)8-19-12;/h4-6,9,12,19H,2-3,7-8H2,1H3,(H,20,23);1H. The Hall–Kier alpha value is -1.73. The van der Waals surface area contributed by atoms with Gasteiger partial charge in [-0.3, -0.25) is 10.1 Å². The maximum Gasteiger partial charge on any atom is 0.262 e. The van der Waals surface area contributed by atoms with Crippen molar-refractivity contribution in [1.29, 1.82) is 0 Å². The number of halogens is 3. The fourth-order valence-electron chi connectivity index (χ4n) is 3.13. The van der Waals surface area contributed by atoms with Gasteiger partial charge in [0.05, 0.1) is 23.6 Å². The number of hydrogen-bond donors (Lipinski definition) is 2. The number of fused-ring (bicyclic) bond motifs is 1. The second-order valence-electron chi connectivity index (χ2n) is 6.49. The first kappa shape index (κ1) is 17.1. The van der Waals surface area contributed by atoms with Crippen molar-refractivity contribution in [2.45, 2.75) is 37.1 Å². The van der Waals surface area contributed by atoms with Gasteiger partial charge < -0.3 is 9.88 Å². The van der Waals surface area contributed by atoms with Crippen LogP contribution in [0.4, 0.5) is 14.5 Å². The molecule has 1 aromatic carbocycles. The minimum Gasteiger partial charge on any atom is -0.331 e. The molecule has 130 valence electrons. The van der Waals surface area contributed by atoms with E-state index in [1.807, 2.05) is 13.1 Å². The number of anilines is 1. The van der Waals surface area contributed by atoms with Gasteiger partial charge in [-0.15, -0.1) is 12.4 Å². The maximum absolute atomic E-state index is 13.2. The van der Waals surface area contributed by atoms with Gasteiger partial charge in [0.2, 0.25) is 5.91 Å². The molecule has 5 nitrogen and oxygen atoms in total. The van der Waals surface area contributed by atoms with Crippen molar-refractivity contribution in [1.82, 2.24) is 14.9 Å². The van der Waals surface area contributed by atoms with Crippen LogP contribution in [-0.2, 0) is 11.8 Å². The van der Waals surface area contributed by atoms with Crippen LogP contribution >= 0.6 is 12.4 Å². The highest BCUT2D eigenvalue weighted by atomic mass is 35.5. The number of aromatic nitrogens is 2. The summed E-state index contributed by atoms with van der Waals surface area (Å²) in [5.41, 5.74) is 2.41. The van der Waals surface area contributed by atoms with E-state index in [0.29, 0.717) is 11.6 Å². The van der Waals surface area contributed by atoms with Gasteiger partial charge in [0.1, 0.15) is 5.82 Å². The maximum atomic E-state index is 13.2. The Labute approximate surface area is 144 Å². The van der Waals surface area contributed by atoms with Crippen molar-refractivity contribution in [3.63, 3.8) is 0 Å². The summed E-state index contributed by atoms with van der Waals surface area (Å²) in [6.07, 6.45) is 1.88. The first-order valence-corrected chi connectivity index (χ1v) is 7.81. The number of nitrogens with zero attached hydrogens (tertiary/aromatic N) is 2. The summed E-state index contributed by atoms with van der Waals surface area (Å²) in [6, 6.07) is 4.63. The summed E-state index contributed by atoms with van der Waals surface area (Å²) in [5.74, 6) is -1.64. The lowest BCUT2D eigenvalue weighted by Gasteiger charge is -2.11. The van der Waals surface area contributed by atoms with Gasteiger partial charge in [-0.25, -0.2) is 13.8 Å². The van der Waals surface area contributed by atoms with Gasteiger partial charge in [0.25, 0.3) is 5.92 Å². The Morgan fingerprint density at radius 2 is 2.17 bits per heavy atom. The zero-order chi connectivity index (χ0) is 16.2. The van der Waals surface area contributed by atoms with Crippen molar-refractivity contribution in [2.75, 3.05) is 11.9 Å². The van der Waals surface area contributed by atoms with E-state index in [1.165, 1.54) is 12.8 Å². The van der Waals surface area contributed by atoms with Crippen LogP contribution in [0.5, 0.6) is 0 Å². The molecule has 1 amide bonds. The predicted octanol–water partition coefficient (Wildman–Crippen LogP) is 2.81. The number of rotatable bonds is 3. The number of nitrogens with one attached hydrogen (secondary N) is 2. The minimum absolute atomic E-state index is 0. The lowest BCUT2D eigenvalue weighted by molar-refractivity contribution is -0.118. The Morgan fingerprint density at radius 1 is 1.42 bits per heavy atom. The second-order valence-corrected chi connectivity index (χ2v) is 6.49. The van der Waals surface area contributed by atoms with E-state index in [9.17, 15) is 13.6 Å². The fourth-order valence-corrected chi connectivity index (χ4v) is 3.13. The lowest BCUT2D eigenvalue weighted by Crippen LogP contribution is -2.35. The summed E-state index contributed by atoms with van der Waals surface area (Å²) in [4.78, 5) is 16.7. The summed E-state index contributed by atoms with van der Waals surface area (Å²) >= 11 is 0. The molecule has 2 aliphatic rings. The normalized spacial score (nSPS) is 22.4. The van der Waals surface area contributed by atoms with E-state index in [0.717, 1.165) is 16.9 Å². The third-order valence-corrected chi connectivity index (χ3v) is 4.55. The third-order valence-electron chi connectivity index (χ3n) is 4.55. The van der Waals surface area contributed by atoms with E-state index < -0.39 is 30.8 Å². The molecule has 2 N–H and O–H groups in total. The molecule has 1 aliphatic carbocycles. The van der Waals surface area contributed by atoms with Crippen molar-refractivity contribution in [3.05, 3.63) is 24.0 Å². The first-order chi connectivity index (χ1) is 10.9. The Balaban J connectivity index is 0.00000169. The van der Waals surface area contributed by atoms with Crippen LogP contribution in [0.1, 0.15) is 31.0 Å². The highest BCUT2D eigenvalue weighted by molar-refractivity contribution is 5.96. The van der Waals surface area contributed by atoms with Crippen LogP contribution in [0.25, 0.3) is 11.0 Å². The van der Waals surface area contributed by atoms with E-state index in [4.69, 9.17) is 0 Å². The quantitative estimate of drug-likeness (QED) is 0.889. The zero-order valence-electron chi connectivity index (χ0n) is 13.2. The van der Waals surface area contributed by atoms with Crippen LogP contribution in [0.2, 0.25) is 0 Å². The Kier molecular flexibility index (Phi) is 4.25. The summed E-state index contributed by atoms with van der Waals surface area (Å²) in [5, 5.41) is 5.26. The number of carbonyl (C=O) groups is 1. The molecule has 4 rings (SSSR count). The van der Waals surface area contributed by atoms with Gasteiger partial charge in [0.15, 0.2) is 0 Å². The van der Waals surface area contributed by atoms with Gasteiger partial charge >= 0.3 is 0 Å². The van der Waals surface area contributed by atoms with E-state index in [1.54, 1.807) is 12.1 Å². The number of alkyl halides is 2. The zero-order valence-corrected chi connectivity index (χ0v) is 14.0. The number of hydrogen-bond acceptors (Lipinski definition) is 3. The summed E-state index contributed by atoms with van der Waals surface area (Å²) in [7, 11) is 1.99. The number of imidazole rings is 1. The molecule has 1 aliphatic heterocycles. The SMILES string of the molecule is Cl.Cn1c(C2CC2)nc2cc(NC(=O)C3CC(F)(F)CN3)ccc21. The molecule has 0 radical (unpaired) electrons. The molecule has 1 atom stereocenters. The smallest absolute Gasteiger partial charge is 0.262 e. The first-order valence-electron chi connectivity index (χ1n) is 7.81. The van der Waals surface area contributed by atoms with Crippen molar-refractivity contribution in [2.24, 2.45) is 7.05 Å². The number of benzene rings is 1. The van der Waals surface area contributed by atoms with Gasteiger partial charge in [-0.1, -0.05) is 0 Å². The average molecular weight is 357 g/mol. The molecular weight excluding hydrogens is 338 g/mol. The van der Waals surface area contributed by atoms with Gasteiger partial charge in [-0.05, 0) is 31.0 Å². The number of aryl methyl sites for hydroxylation is 1. The van der Waals surface area contributed by atoms with E-state index in [-0.39, 0.29) is 12.4 Å². The molecule has 1 saturated heterocycles. The fraction of sp³-hybridized carbons (Fsp3) is 0.500. The highest BCUT2D eigenvalue weighted by Crippen LogP contribution is 2.40. The molecule has 24 heavy (non-hydrogen) atoms. The molecule has 2 heterocycles. The summed E-state index contributed by atoms with van der Waals surface area (Å²) < 4.78 is 28.4. The van der Waals surface area contributed by atoms with E-state index >= 15 is 0 Å². The largest absolute Gasteiger partial charge is 0.331 e. The monoisotopic (exact) mass is 356 g/mol. The molecule has 1 unspecified atom stereocenters. The molecule has 1 saturated carbocycles. The predicted molar refractivity (Wildman–Crippen MR) is 89.9 cm³/mol. The van der Waals surface area contributed by atoms with Crippen molar-refractivity contribution < 1.29 is 13.6 Å². The molecule has 1 aromatic heterocycles. The van der Waals surface area contributed by atoms with Crippen LogP contribution in [0.3, 0.4) is 0 Å². The second kappa shape index (κ2) is 5.97. The summed E-state index contributed by atoms with van der Waals surface area (Å²) in [6.45, 7) is -0.449. The topological polar surface area (TPSA) is 59.0 Å². The van der Waals surface area contributed by atoms with Crippen molar-refractivity contribution >= 4 is 35.0 Å². The molecule has 2 fully saturated rings. The van der Waals surface area contributed by atoms with Gasteiger partial charge in [-0.2, -0.15) is 0 Å². The number of amides is 1. The average Bonchev–Trinajstić information content (AvgIpc) is 3.20. The molecule has 0 spiro atoms. The molecule has 0 bridgehead atoms. The Morgan fingerprint density at radius 3 is 2.79 bits per heavy atom. The minimum atomic E-state index is -2.81. The van der Waals surface area contributed by atoms with Gasteiger partial charge in [0, 0.05) is 25.1 Å². The Bertz CT molecular complexity index is 788. The molecule has 8 heteroatoms. The van der Waals surface area contributed by atoms with Crippen molar-refractivity contribution in [3.8, 4) is 0 Å². The van der Waals surface area contributed by atoms with Crippen LogP contribution in [0.15, 0.2) is 18.2 Å². The number of carbonyl (C=O) groups excluding carboxylic acids is 1. The highest BCUT2D eigenvalue weighted by Gasteiger charge is 2.42. The lowest BCUT2D eigenvalue weighted by atomic mass is 10.1. The van der Waals surface area contributed by atoms with E-state index in [2.05, 4.69) is 20.2 Å². The molecular formula is C16H19ClF2N4O. The van der Waals surface area contributed by atoms with Crippen LogP contribution in [0, 0.1) is 0 Å². The van der Waals surface area contributed by atoms with Crippen LogP contribution in [-0.4, -0.2) is 34.0 Å². The third kappa shape index (κ3) is 3.10.